The number of hydrogen-bond donors (Lipinski definition) is 3. The van der Waals surface area contributed by atoms with Crippen LogP contribution in [0.25, 0.3) is 21.8 Å². The van der Waals surface area contributed by atoms with E-state index in [2.05, 4.69) is 15.0 Å². The highest BCUT2D eigenvalue weighted by molar-refractivity contribution is 7.18. The van der Waals surface area contributed by atoms with Crippen molar-refractivity contribution in [3.63, 3.8) is 0 Å². The molecule has 0 bridgehead atoms. The minimum absolute atomic E-state index is 0.0653. The first kappa shape index (κ1) is 17.3. The van der Waals surface area contributed by atoms with Gasteiger partial charge in [0, 0.05) is 11.1 Å². The first-order valence-electron chi connectivity index (χ1n) is 7.71. The van der Waals surface area contributed by atoms with Crippen molar-refractivity contribution in [2.24, 2.45) is 0 Å². The Hall–Kier alpha value is -3.11. The Kier molecular flexibility index (Phi) is 4.21. The molecule has 0 saturated carbocycles. The number of aliphatic hydroxyl groups is 1. The van der Waals surface area contributed by atoms with Crippen LogP contribution < -0.4 is 5.73 Å². The van der Waals surface area contributed by atoms with E-state index in [1.807, 2.05) is 0 Å². The van der Waals surface area contributed by atoms with Crippen molar-refractivity contribution in [3.8, 4) is 17.3 Å². The van der Waals surface area contributed by atoms with Crippen molar-refractivity contribution in [2.75, 3.05) is 5.73 Å². The Bertz CT molecular complexity index is 1130. The SMILES string of the molecule is Nc1nc(-c2ccc(C(F)F)o2)nc2sc(C(O)c3ncccc3O)cc12. The topological polar surface area (TPSA) is 118 Å². The van der Waals surface area contributed by atoms with Gasteiger partial charge >= 0.3 is 0 Å². The number of aromatic nitrogens is 3. The number of aromatic hydroxyl groups is 1. The van der Waals surface area contributed by atoms with Crippen LogP contribution in [-0.4, -0.2) is 25.2 Å². The summed E-state index contributed by atoms with van der Waals surface area (Å²) < 4.78 is 30.5. The third kappa shape index (κ3) is 3.09. The summed E-state index contributed by atoms with van der Waals surface area (Å²) in [5.74, 6) is -0.380. The molecule has 0 saturated heterocycles. The van der Waals surface area contributed by atoms with Crippen molar-refractivity contribution in [1.29, 1.82) is 0 Å². The van der Waals surface area contributed by atoms with Gasteiger partial charge in [-0.2, -0.15) is 0 Å². The molecule has 7 nitrogen and oxygen atoms in total. The van der Waals surface area contributed by atoms with E-state index < -0.39 is 18.3 Å². The van der Waals surface area contributed by atoms with E-state index in [4.69, 9.17) is 10.2 Å². The molecule has 0 amide bonds. The molecule has 0 fully saturated rings. The number of aliphatic hydroxyl groups excluding tert-OH is 1. The zero-order valence-corrected chi connectivity index (χ0v) is 14.3. The zero-order valence-electron chi connectivity index (χ0n) is 13.5. The predicted molar refractivity (Wildman–Crippen MR) is 94.5 cm³/mol. The Labute approximate surface area is 154 Å². The second kappa shape index (κ2) is 6.56. The van der Waals surface area contributed by atoms with Gasteiger partial charge in [-0.05, 0) is 30.3 Å². The number of thiophene rings is 1. The van der Waals surface area contributed by atoms with Gasteiger partial charge in [-0.15, -0.1) is 11.3 Å². The number of nitrogens with zero attached hydrogens (tertiary/aromatic N) is 3. The van der Waals surface area contributed by atoms with E-state index in [-0.39, 0.29) is 28.8 Å². The Morgan fingerprint density at radius 3 is 2.70 bits per heavy atom. The maximum atomic E-state index is 12.7. The van der Waals surface area contributed by atoms with Crippen LogP contribution in [0.2, 0.25) is 0 Å². The minimum atomic E-state index is -2.74. The van der Waals surface area contributed by atoms with E-state index >= 15 is 0 Å². The highest BCUT2D eigenvalue weighted by Crippen LogP contribution is 2.37. The largest absolute Gasteiger partial charge is 0.506 e. The molecule has 0 aliphatic heterocycles. The van der Waals surface area contributed by atoms with E-state index in [1.165, 1.54) is 18.3 Å². The molecule has 10 heteroatoms. The zero-order chi connectivity index (χ0) is 19.1. The van der Waals surface area contributed by atoms with Crippen molar-refractivity contribution in [1.82, 2.24) is 15.0 Å². The molecule has 4 aromatic rings. The standard InChI is InChI=1S/C17H12F2N4O3S/c18-14(19)9-3-4-10(26-9)16-22-15(20)7-6-11(27-17(7)23-16)13(25)12-8(24)2-1-5-21-12/h1-6,13-14,24-25H,(H2,20,22,23). The molecule has 0 aliphatic rings. The number of rotatable bonds is 4. The maximum absolute atomic E-state index is 12.7. The third-order valence-corrected chi connectivity index (χ3v) is 4.93. The first-order chi connectivity index (χ1) is 12.9. The molecular weight excluding hydrogens is 378 g/mol. The lowest BCUT2D eigenvalue weighted by molar-refractivity contribution is 0.122. The molecule has 0 aromatic carbocycles. The van der Waals surface area contributed by atoms with Gasteiger partial charge in [0.05, 0.1) is 5.39 Å². The summed E-state index contributed by atoms with van der Waals surface area (Å²) in [6, 6.07) is 7.06. The van der Waals surface area contributed by atoms with Crippen molar-refractivity contribution in [3.05, 3.63) is 52.9 Å². The van der Waals surface area contributed by atoms with Crippen molar-refractivity contribution in [2.45, 2.75) is 12.5 Å². The number of nitrogen functional groups attached to an aromatic ring is 1. The van der Waals surface area contributed by atoms with E-state index in [1.54, 1.807) is 12.1 Å². The number of furan rings is 1. The number of nitrogens with two attached hydrogens (primary N) is 1. The molecule has 4 rings (SSSR count). The highest BCUT2D eigenvalue weighted by atomic mass is 32.1. The molecule has 4 aromatic heterocycles. The molecule has 0 aliphatic carbocycles. The number of pyridine rings is 1. The molecule has 27 heavy (non-hydrogen) atoms. The fraction of sp³-hybridized carbons (Fsp3) is 0.118. The molecule has 4 N–H and O–H groups in total. The maximum Gasteiger partial charge on any atom is 0.295 e. The van der Waals surface area contributed by atoms with Gasteiger partial charge in [-0.1, -0.05) is 0 Å². The number of anilines is 1. The lowest BCUT2D eigenvalue weighted by Crippen LogP contribution is -2.00. The van der Waals surface area contributed by atoms with Crippen LogP contribution >= 0.6 is 11.3 Å². The van der Waals surface area contributed by atoms with Crippen LogP contribution in [-0.2, 0) is 0 Å². The fourth-order valence-electron chi connectivity index (χ4n) is 2.55. The quantitative estimate of drug-likeness (QED) is 0.487. The van der Waals surface area contributed by atoms with Crippen LogP contribution in [0.3, 0.4) is 0 Å². The molecule has 4 heterocycles. The smallest absolute Gasteiger partial charge is 0.295 e. The third-order valence-electron chi connectivity index (χ3n) is 3.85. The van der Waals surface area contributed by atoms with Crippen LogP contribution in [0.1, 0.15) is 28.9 Å². The summed E-state index contributed by atoms with van der Waals surface area (Å²) in [6.07, 6.45) is -2.47. The lowest BCUT2D eigenvalue weighted by Gasteiger charge is -2.08. The summed E-state index contributed by atoms with van der Waals surface area (Å²) in [5, 5.41) is 20.9. The lowest BCUT2D eigenvalue weighted by atomic mass is 10.1. The minimum Gasteiger partial charge on any atom is -0.506 e. The molecular formula is C17H12F2N4O3S. The monoisotopic (exact) mass is 390 g/mol. The van der Waals surface area contributed by atoms with Crippen LogP contribution in [0.4, 0.5) is 14.6 Å². The number of fused-ring (bicyclic) bond motifs is 1. The summed E-state index contributed by atoms with van der Waals surface area (Å²) in [5.41, 5.74) is 6.06. The van der Waals surface area contributed by atoms with Crippen LogP contribution in [0.15, 0.2) is 40.9 Å². The summed E-state index contributed by atoms with van der Waals surface area (Å²) in [7, 11) is 0. The Morgan fingerprint density at radius 2 is 2.00 bits per heavy atom. The molecule has 138 valence electrons. The van der Waals surface area contributed by atoms with Gasteiger partial charge in [0.15, 0.2) is 17.3 Å². The van der Waals surface area contributed by atoms with Gasteiger partial charge in [0.25, 0.3) is 6.43 Å². The van der Waals surface area contributed by atoms with Crippen LogP contribution in [0, 0.1) is 0 Å². The van der Waals surface area contributed by atoms with Gasteiger partial charge in [-0.3, -0.25) is 4.98 Å². The van der Waals surface area contributed by atoms with Crippen molar-refractivity contribution < 1.29 is 23.4 Å². The van der Waals surface area contributed by atoms with Crippen LogP contribution in [0.5, 0.6) is 5.75 Å². The van der Waals surface area contributed by atoms with E-state index in [0.717, 1.165) is 17.4 Å². The van der Waals surface area contributed by atoms with E-state index in [9.17, 15) is 19.0 Å². The van der Waals surface area contributed by atoms with Gasteiger partial charge in [0.2, 0.25) is 0 Å². The highest BCUT2D eigenvalue weighted by Gasteiger charge is 2.21. The van der Waals surface area contributed by atoms with Gasteiger partial charge in [0.1, 0.15) is 28.2 Å². The number of halogens is 2. The summed E-state index contributed by atoms with van der Waals surface area (Å²) in [6.45, 7) is 0. The van der Waals surface area contributed by atoms with Gasteiger partial charge in [-0.25, -0.2) is 18.7 Å². The summed E-state index contributed by atoms with van der Waals surface area (Å²) in [4.78, 5) is 13.3. The predicted octanol–water partition coefficient (Wildman–Crippen LogP) is 3.65. The second-order valence-corrected chi connectivity index (χ2v) is 6.68. The Balaban J connectivity index is 1.76. The Morgan fingerprint density at radius 1 is 1.19 bits per heavy atom. The molecule has 0 radical (unpaired) electrons. The average Bonchev–Trinajstić information content (AvgIpc) is 3.29. The van der Waals surface area contributed by atoms with E-state index in [0.29, 0.717) is 15.1 Å². The second-order valence-electron chi connectivity index (χ2n) is 5.61. The fourth-order valence-corrected chi connectivity index (χ4v) is 3.58. The average molecular weight is 390 g/mol. The molecule has 0 spiro atoms. The number of hydrogen-bond acceptors (Lipinski definition) is 8. The van der Waals surface area contributed by atoms with Crippen molar-refractivity contribution >= 4 is 27.4 Å². The molecule has 1 atom stereocenters. The molecule has 1 unspecified atom stereocenters. The number of alkyl halides is 2. The first-order valence-corrected chi connectivity index (χ1v) is 8.53. The normalized spacial score (nSPS) is 12.7. The van der Waals surface area contributed by atoms with Gasteiger partial charge < -0.3 is 20.4 Å². The summed E-state index contributed by atoms with van der Waals surface area (Å²) >= 11 is 1.12.